The summed E-state index contributed by atoms with van der Waals surface area (Å²) in [4.78, 5) is 31.5. The standard InChI is InChI=1S/C21H29N5O3/c1-13(2)18-16-9-15(11-24-20(16)29-25-18)21(28)26-8-4-5-14(12-26)10-23-19(27)17-6-3-7-22-17/h9,11,13-14,17,22H,3-8,10,12H2,1-2H3,(H,23,27). The maximum absolute atomic E-state index is 13.1. The Bertz CT molecular complexity index is 888. The average molecular weight is 399 g/mol. The number of likely N-dealkylation sites (tertiary alicyclic amines) is 1. The summed E-state index contributed by atoms with van der Waals surface area (Å²) in [6, 6.07) is 1.78. The highest BCUT2D eigenvalue weighted by molar-refractivity contribution is 5.97. The first-order valence-electron chi connectivity index (χ1n) is 10.6. The van der Waals surface area contributed by atoms with Crippen molar-refractivity contribution in [2.45, 2.75) is 51.5 Å². The van der Waals surface area contributed by atoms with Gasteiger partial charge in [-0.1, -0.05) is 19.0 Å². The molecule has 8 heteroatoms. The Kier molecular flexibility index (Phi) is 5.80. The first-order chi connectivity index (χ1) is 14.0. The second kappa shape index (κ2) is 8.49. The van der Waals surface area contributed by atoms with Crippen molar-refractivity contribution in [1.82, 2.24) is 25.7 Å². The van der Waals surface area contributed by atoms with Gasteiger partial charge in [0.15, 0.2) is 0 Å². The molecule has 4 rings (SSSR count). The van der Waals surface area contributed by atoms with E-state index in [1.165, 1.54) is 0 Å². The number of piperidine rings is 1. The molecule has 2 N–H and O–H groups in total. The van der Waals surface area contributed by atoms with Crippen molar-refractivity contribution in [3.63, 3.8) is 0 Å². The minimum Gasteiger partial charge on any atom is -0.354 e. The maximum atomic E-state index is 13.1. The van der Waals surface area contributed by atoms with Crippen molar-refractivity contribution in [2.24, 2.45) is 5.92 Å². The fourth-order valence-corrected chi connectivity index (χ4v) is 4.26. The Morgan fingerprint density at radius 2 is 2.21 bits per heavy atom. The zero-order valence-corrected chi connectivity index (χ0v) is 17.1. The Balaban J connectivity index is 1.40. The average Bonchev–Trinajstić information content (AvgIpc) is 3.41. The van der Waals surface area contributed by atoms with Gasteiger partial charge in [0, 0.05) is 25.8 Å². The van der Waals surface area contributed by atoms with E-state index in [4.69, 9.17) is 4.52 Å². The third-order valence-corrected chi connectivity index (χ3v) is 5.90. The van der Waals surface area contributed by atoms with Gasteiger partial charge in [0.05, 0.1) is 22.7 Å². The predicted octanol–water partition coefficient (Wildman–Crippen LogP) is 2.07. The van der Waals surface area contributed by atoms with Crippen molar-refractivity contribution in [3.8, 4) is 0 Å². The molecule has 2 aromatic heterocycles. The second-order valence-electron chi connectivity index (χ2n) is 8.45. The van der Waals surface area contributed by atoms with E-state index in [9.17, 15) is 9.59 Å². The molecule has 29 heavy (non-hydrogen) atoms. The number of hydrogen-bond acceptors (Lipinski definition) is 6. The zero-order chi connectivity index (χ0) is 20.4. The lowest BCUT2D eigenvalue weighted by Gasteiger charge is -2.33. The van der Waals surface area contributed by atoms with Gasteiger partial charge < -0.3 is 20.1 Å². The molecule has 2 unspecified atom stereocenters. The molecular formula is C21H29N5O3. The molecule has 2 aliphatic rings. The van der Waals surface area contributed by atoms with Gasteiger partial charge in [-0.15, -0.1) is 0 Å². The van der Waals surface area contributed by atoms with Crippen LogP contribution >= 0.6 is 0 Å². The zero-order valence-electron chi connectivity index (χ0n) is 17.1. The molecule has 2 amide bonds. The molecule has 2 aromatic rings. The fourth-order valence-electron chi connectivity index (χ4n) is 4.26. The smallest absolute Gasteiger partial charge is 0.257 e. The van der Waals surface area contributed by atoms with Crippen molar-refractivity contribution in [1.29, 1.82) is 0 Å². The minimum atomic E-state index is -0.0622. The summed E-state index contributed by atoms with van der Waals surface area (Å²) in [7, 11) is 0. The second-order valence-corrected chi connectivity index (χ2v) is 8.45. The quantitative estimate of drug-likeness (QED) is 0.798. The summed E-state index contributed by atoms with van der Waals surface area (Å²) in [5.74, 6) is 0.523. The first kappa shape index (κ1) is 19.8. The number of nitrogens with one attached hydrogen (secondary N) is 2. The third-order valence-electron chi connectivity index (χ3n) is 5.90. The molecule has 8 nitrogen and oxygen atoms in total. The van der Waals surface area contributed by atoms with Gasteiger partial charge in [-0.2, -0.15) is 0 Å². The van der Waals surface area contributed by atoms with Crippen molar-refractivity contribution in [2.75, 3.05) is 26.2 Å². The van der Waals surface area contributed by atoms with E-state index >= 15 is 0 Å². The van der Waals surface area contributed by atoms with Gasteiger partial charge >= 0.3 is 0 Å². The summed E-state index contributed by atoms with van der Waals surface area (Å²) in [6.07, 6.45) is 5.47. The van der Waals surface area contributed by atoms with Crippen LogP contribution in [-0.4, -0.2) is 59.1 Å². The summed E-state index contributed by atoms with van der Waals surface area (Å²) < 4.78 is 5.27. The first-order valence-corrected chi connectivity index (χ1v) is 10.6. The van der Waals surface area contributed by atoms with Crippen LogP contribution in [0.25, 0.3) is 11.1 Å². The molecular weight excluding hydrogens is 370 g/mol. The summed E-state index contributed by atoms with van der Waals surface area (Å²) in [5, 5.41) is 11.2. The molecule has 0 bridgehead atoms. The van der Waals surface area contributed by atoms with Crippen LogP contribution in [0, 0.1) is 5.92 Å². The molecule has 0 aromatic carbocycles. The molecule has 2 saturated heterocycles. The molecule has 0 spiro atoms. The molecule has 0 saturated carbocycles. The predicted molar refractivity (Wildman–Crippen MR) is 109 cm³/mol. The van der Waals surface area contributed by atoms with Gasteiger partial charge in [0.1, 0.15) is 0 Å². The molecule has 2 fully saturated rings. The minimum absolute atomic E-state index is 0.0243. The highest BCUT2D eigenvalue weighted by atomic mass is 16.5. The van der Waals surface area contributed by atoms with E-state index in [0.29, 0.717) is 24.4 Å². The lowest BCUT2D eigenvalue weighted by Crippen LogP contribution is -2.46. The van der Waals surface area contributed by atoms with E-state index in [1.54, 1.807) is 6.20 Å². The van der Waals surface area contributed by atoms with Gasteiger partial charge in [-0.25, -0.2) is 4.98 Å². The highest BCUT2D eigenvalue weighted by Crippen LogP contribution is 2.25. The van der Waals surface area contributed by atoms with Crippen LogP contribution in [0.3, 0.4) is 0 Å². The third kappa shape index (κ3) is 4.27. The Morgan fingerprint density at radius 3 is 2.97 bits per heavy atom. The summed E-state index contributed by atoms with van der Waals surface area (Å²) in [5.41, 5.74) is 1.84. The van der Waals surface area contributed by atoms with Gasteiger partial charge in [0.25, 0.3) is 11.6 Å². The number of fused-ring (bicyclic) bond motifs is 1. The topological polar surface area (TPSA) is 100 Å². The molecule has 0 radical (unpaired) electrons. The summed E-state index contributed by atoms with van der Waals surface area (Å²) >= 11 is 0. The molecule has 0 aliphatic carbocycles. The van der Waals surface area contributed by atoms with Gasteiger partial charge in [-0.3, -0.25) is 9.59 Å². The largest absolute Gasteiger partial charge is 0.354 e. The Hall–Kier alpha value is -2.48. The Labute approximate surface area is 170 Å². The molecule has 2 aliphatic heterocycles. The number of amides is 2. The number of nitrogens with zero attached hydrogens (tertiary/aromatic N) is 3. The van der Waals surface area contributed by atoms with Crippen molar-refractivity contribution < 1.29 is 14.1 Å². The number of pyridine rings is 1. The molecule has 2 atom stereocenters. The van der Waals surface area contributed by atoms with E-state index in [2.05, 4.69) is 20.8 Å². The van der Waals surface area contributed by atoms with Crippen molar-refractivity contribution >= 4 is 22.9 Å². The fraction of sp³-hybridized carbons (Fsp3) is 0.619. The van der Waals surface area contributed by atoms with Crippen LogP contribution in [0.15, 0.2) is 16.8 Å². The van der Waals surface area contributed by atoms with Crippen LogP contribution in [0.4, 0.5) is 0 Å². The van der Waals surface area contributed by atoms with Crippen LogP contribution in [0.1, 0.15) is 61.5 Å². The highest BCUT2D eigenvalue weighted by Gasteiger charge is 2.27. The lowest BCUT2D eigenvalue weighted by molar-refractivity contribution is -0.123. The number of rotatable bonds is 5. The monoisotopic (exact) mass is 399 g/mol. The van der Waals surface area contributed by atoms with Gasteiger partial charge in [0.2, 0.25) is 5.91 Å². The van der Waals surface area contributed by atoms with Crippen molar-refractivity contribution in [3.05, 3.63) is 23.5 Å². The van der Waals surface area contributed by atoms with E-state index in [1.807, 2.05) is 24.8 Å². The normalized spacial score (nSPS) is 22.4. The molecule has 156 valence electrons. The SMILES string of the molecule is CC(C)c1noc2ncc(C(=O)N3CCCC(CNC(=O)C4CCCN4)C3)cc12. The maximum Gasteiger partial charge on any atom is 0.257 e. The van der Waals surface area contributed by atoms with E-state index in [0.717, 1.165) is 49.9 Å². The Morgan fingerprint density at radius 1 is 1.34 bits per heavy atom. The molecule has 4 heterocycles. The van der Waals surface area contributed by atoms with Crippen LogP contribution in [0.5, 0.6) is 0 Å². The lowest BCUT2D eigenvalue weighted by atomic mass is 9.97. The van der Waals surface area contributed by atoms with E-state index < -0.39 is 0 Å². The van der Waals surface area contributed by atoms with Crippen LogP contribution in [-0.2, 0) is 4.79 Å². The van der Waals surface area contributed by atoms with Crippen LogP contribution < -0.4 is 10.6 Å². The number of aromatic nitrogens is 2. The summed E-state index contributed by atoms with van der Waals surface area (Å²) in [6.45, 7) is 6.98. The number of carbonyl (C=O) groups is 2. The van der Waals surface area contributed by atoms with Crippen LogP contribution in [0.2, 0.25) is 0 Å². The van der Waals surface area contributed by atoms with E-state index in [-0.39, 0.29) is 29.7 Å². The number of carbonyl (C=O) groups excluding carboxylic acids is 2. The van der Waals surface area contributed by atoms with Gasteiger partial charge in [-0.05, 0) is 50.1 Å². The number of hydrogen-bond donors (Lipinski definition) is 2.